The quantitative estimate of drug-likeness (QED) is 0.814. The molecule has 0 spiro atoms. The molecule has 1 amide bonds. The Balaban J connectivity index is 0.00000139. The van der Waals surface area contributed by atoms with E-state index in [4.69, 9.17) is 0 Å². The molecule has 24 heavy (non-hydrogen) atoms. The monoisotopic (exact) mass is 324 g/mol. The molecule has 0 aliphatic heterocycles. The van der Waals surface area contributed by atoms with Gasteiger partial charge in [-0.25, -0.2) is 4.39 Å². The van der Waals surface area contributed by atoms with E-state index in [1.165, 1.54) is 0 Å². The Hall–Kier alpha value is -3.06. The molecule has 0 bridgehead atoms. The van der Waals surface area contributed by atoms with Crippen LogP contribution in [-0.4, -0.2) is 10.9 Å². The van der Waals surface area contributed by atoms with Crippen LogP contribution in [0, 0.1) is 12.8 Å². The van der Waals surface area contributed by atoms with Gasteiger partial charge >= 0.3 is 0 Å². The van der Waals surface area contributed by atoms with Crippen molar-refractivity contribution in [3.05, 3.63) is 70.4 Å². The van der Waals surface area contributed by atoms with E-state index in [2.05, 4.69) is 23.1 Å². The largest absolute Gasteiger partial charge is 0.358 e. The SMILES string of the molecule is C#C.C\C=C/C=c1/[nH]c(CC(=O)NCc2ccccc2)c/c1=C\F. The average Bonchev–Trinajstić information content (AvgIpc) is 3.02. The molecule has 0 aliphatic carbocycles. The third-order valence-electron chi connectivity index (χ3n) is 3.19. The summed E-state index contributed by atoms with van der Waals surface area (Å²) in [6.45, 7) is 2.37. The number of benzene rings is 1. The lowest BCUT2D eigenvalue weighted by Gasteiger charge is -2.04. The molecule has 0 saturated carbocycles. The van der Waals surface area contributed by atoms with Crippen LogP contribution in [0.15, 0.2) is 48.6 Å². The molecular formula is C20H21FN2O. The van der Waals surface area contributed by atoms with Crippen LogP contribution in [0.25, 0.3) is 12.4 Å². The van der Waals surface area contributed by atoms with E-state index in [1.807, 2.05) is 49.4 Å². The van der Waals surface area contributed by atoms with Crippen LogP contribution in [0.2, 0.25) is 0 Å². The molecule has 1 aromatic heterocycles. The summed E-state index contributed by atoms with van der Waals surface area (Å²) in [6, 6.07) is 11.3. The molecule has 0 radical (unpaired) electrons. The molecule has 2 N–H and O–H groups in total. The molecule has 124 valence electrons. The Morgan fingerprint density at radius 3 is 2.62 bits per heavy atom. The molecule has 1 heterocycles. The smallest absolute Gasteiger partial charge is 0.226 e. The van der Waals surface area contributed by atoms with Gasteiger partial charge in [-0.3, -0.25) is 4.79 Å². The van der Waals surface area contributed by atoms with Crippen molar-refractivity contribution in [3.8, 4) is 12.8 Å². The van der Waals surface area contributed by atoms with Crippen LogP contribution in [0.4, 0.5) is 4.39 Å². The summed E-state index contributed by atoms with van der Waals surface area (Å²) in [4.78, 5) is 15.0. The first-order valence-corrected chi connectivity index (χ1v) is 7.48. The fraction of sp³-hybridized carbons (Fsp3) is 0.150. The number of aromatic nitrogens is 1. The number of hydrogen-bond acceptors (Lipinski definition) is 1. The number of H-pyrrole nitrogens is 1. The number of terminal acetylenes is 1. The van der Waals surface area contributed by atoms with Crippen molar-refractivity contribution in [2.75, 3.05) is 0 Å². The Bertz CT molecular complexity index is 801. The van der Waals surface area contributed by atoms with Gasteiger partial charge in [0.05, 0.1) is 12.8 Å². The van der Waals surface area contributed by atoms with Gasteiger partial charge in [-0.15, -0.1) is 12.8 Å². The van der Waals surface area contributed by atoms with Crippen molar-refractivity contribution in [1.82, 2.24) is 10.3 Å². The Morgan fingerprint density at radius 1 is 1.29 bits per heavy atom. The lowest BCUT2D eigenvalue weighted by Crippen LogP contribution is -2.25. The van der Waals surface area contributed by atoms with E-state index >= 15 is 0 Å². The number of rotatable bonds is 5. The summed E-state index contributed by atoms with van der Waals surface area (Å²) in [7, 11) is 0. The molecule has 4 heteroatoms. The number of aromatic amines is 1. The Kier molecular flexibility index (Phi) is 8.41. The molecular weight excluding hydrogens is 303 g/mol. The standard InChI is InChI=1S/C18H19FN2O.C2H2/c1-2-3-9-17-15(12-19)10-16(21-17)11-18(22)20-13-14-7-5-4-6-8-14;1-2/h2-10,12,21H,11,13H2,1H3,(H,20,22);1-2H/b3-2-,15-12+,17-9+;. The zero-order valence-electron chi connectivity index (χ0n) is 13.6. The molecule has 3 nitrogen and oxygen atoms in total. The van der Waals surface area contributed by atoms with Gasteiger partial charge in [0.25, 0.3) is 0 Å². The highest BCUT2D eigenvalue weighted by Crippen LogP contribution is 1.98. The summed E-state index contributed by atoms with van der Waals surface area (Å²) >= 11 is 0. The van der Waals surface area contributed by atoms with Gasteiger partial charge in [0.15, 0.2) is 0 Å². The minimum absolute atomic E-state index is 0.104. The maximum atomic E-state index is 12.8. The van der Waals surface area contributed by atoms with E-state index in [-0.39, 0.29) is 12.3 Å². The van der Waals surface area contributed by atoms with Gasteiger partial charge in [0, 0.05) is 22.8 Å². The van der Waals surface area contributed by atoms with E-state index in [1.54, 1.807) is 12.1 Å². The number of carbonyl (C=O) groups is 1. The molecule has 1 aromatic carbocycles. The maximum absolute atomic E-state index is 12.8. The number of amides is 1. The van der Waals surface area contributed by atoms with Crippen molar-refractivity contribution < 1.29 is 9.18 Å². The van der Waals surface area contributed by atoms with Crippen LogP contribution < -0.4 is 15.9 Å². The first-order valence-electron chi connectivity index (χ1n) is 7.48. The minimum Gasteiger partial charge on any atom is -0.358 e. The highest BCUT2D eigenvalue weighted by molar-refractivity contribution is 5.78. The summed E-state index contributed by atoms with van der Waals surface area (Å²) in [6.07, 6.45) is 14.2. The molecule has 0 atom stereocenters. The van der Waals surface area contributed by atoms with Gasteiger partial charge in [0.2, 0.25) is 5.91 Å². The Morgan fingerprint density at radius 2 is 2.00 bits per heavy atom. The van der Waals surface area contributed by atoms with Crippen LogP contribution in [0.5, 0.6) is 0 Å². The fourth-order valence-corrected chi connectivity index (χ4v) is 2.09. The second kappa shape index (κ2) is 10.6. The molecule has 2 aromatic rings. The third kappa shape index (κ3) is 5.98. The lowest BCUT2D eigenvalue weighted by molar-refractivity contribution is -0.120. The molecule has 0 unspecified atom stereocenters. The van der Waals surface area contributed by atoms with Gasteiger partial charge in [0.1, 0.15) is 0 Å². The van der Waals surface area contributed by atoms with E-state index in [0.717, 1.165) is 5.56 Å². The highest BCUT2D eigenvalue weighted by Gasteiger charge is 2.05. The highest BCUT2D eigenvalue weighted by atomic mass is 19.1. The first-order chi connectivity index (χ1) is 11.7. The van der Waals surface area contributed by atoms with Crippen molar-refractivity contribution >= 4 is 18.3 Å². The molecule has 0 aliphatic rings. The van der Waals surface area contributed by atoms with Gasteiger partial charge in [-0.1, -0.05) is 42.5 Å². The van der Waals surface area contributed by atoms with Crippen LogP contribution in [-0.2, 0) is 17.8 Å². The predicted octanol–water partition coefficient (Wildman–Crippen LogP) is 2.19. The van der Waals surface area contributed by atoms with Gasteiger partial charge < -0.3 is 10.3 Å². The van der Waals surface area contributed by atoms with E-state index in [9.17, 15) is 9.18 Å². The molecule has 0 fully saturated rings. The van der Waals surface area contributed by atoms with Crippen molar-refractivity contribution in [3.63, 3.8) is 0 Å². The topological polar surface area (TPSA) is 44.9 Å². The summed E-state index contributed by atoms with van der Waals surface area (Å²) in [5.74, 6) is -0.104. The molecule has 2 rings (SSSR count). The maximum Gasteiger partial charge on any atom is 0.226 e. The number of carbonyl (C=O) groups excluding carboxylic acids is 1. The van der Waals surface area contributed by atoms with Crippen LogP contribution in [0.3, 0.4) is 0 Å². The van der Waals surface area contributed by atoms with Crippen LogP contribution in [0.1, 0.15) is 18.2 Å². The summed E-state index contributed by atoms with van der Waals surface area (Å²) in [5.41, 5.74) is 1.73. The lowest BCUT2D eigenvalue weighted by atomic mass is 10.2. The third-order valence-corrected chi connectivity index (χ3v) is 3.19. The fourth-order valence-electron chi connectivity index (χ4n) is 2.09. The van der Waals surface area contributed by atoms with Crippen molar-refractivity contribution in [2.45, 2.75) is 19.9 Å². The zero-order valence-corrected chi connectivity index (χ0v) is 13.6. The zero-order chi connectivity index (χ0) is 17.8. The number of nitrogens with one attached hydrogen (secondary N) is 2. The van der Waals surface area contributed by atoms with Crippen LogP contribution >= 0.6 is 0 Å². The van der Waals surface area contributed by atoms with Crippen molar-refractivity contribution in [1.29, 1.82) is 0 Å². The summed E-state index contributed by atoms with van der Waals surface area (Å²) in [5, 5.41) is 3.96. The average molecular weight is 324 g/mol. The second-order valence-corrected chi connectivity index (χ2v) is 4.90. The van der Waals surface area contributed by atoms with Crippen molar-refractivity contribution in [2.24, 2.45) is 0 Å². The summed E-state index contributed by atoms with van der Waals surface area (Å²) < 4.78 is 12.8. The molecule has 0 saturated heterocycles. The van der Waals surface area contributed by atoms with Gasteiger partial charge in [-0.05, 0) is 24.6 Å². The minimum atomic E-state index is -0.104. The van der Waals surface area contributed by atoms with E-state index < -0.39 is 0 Å². The van der Waals surface area contributed by atoms with E-state index in [0.29, 0.717) is 29.1 Å². The Labute approximate surface area is 141 Å². The number of allylic oxidation sites excluding steroid dienone is 2. The second-order valence-electron chi connectivity index (χ2n) is 4.90. The number of halogens is 1. The first kappa shape index (κ1) is 19.0. The predicted molar refractivity (Wildman–Crippen MR) is 96.8 cm³/mol. The van der Waals surface area contributed by atoms with Gasteiger partial charge in [-0.2, -0.15) is 0 Å². The normalized spacial score (nSPS) is 12.0. The number of hydrogen-bond donors (Lipinski definition) is 2.